The van der Waals surface area contributed by atoms with Crippen LogP contribution in [0.1, 0.15) is 5.56 Å². The molecule has 3 heteroatoms. The van der Waals surface area contributed by atoms with E-state index in [4.69, 9.17) is 9.57 Å². The SMILES string of the molecule is COc1ccc2c(c1)ONC2. The monoisotopic (exact) mass is 151 g/mol. The summed E-state index contributed by atoms with van der Waals surface area (Å²) in [6, 6.07) is 5.79. The Bertz CT molecular complexity index is 273. The molecule has 0 amide bonds. The summed E-state index contributed by atoms with van der Waals surface area (Å²) in [4.78, 5) is 5.11. The van der Waals surface area contributed by atoms with Gasteiger partial charge in [-0.2, -0.15) is 5.48 Å². The molecular weight excluding hydrogens is 142 g/mol. The highest BCUT2D eigenvalue weighted by molar-refractivity contribution is 5.41. The predicted molar refractivity (Wildman–Crippen MR) is 40.5 cm³/mol. The van der Waals surface area contributed by atoms with E-state index in [0.29, 0.717) is 0 Å². The van der Waals surface area contributed by atoms with Crippen molar-refractivity contribution in [1.82, 2.24) is 5.48 Å². The Morgan fingerprint density at radius 2 is 2.45 bits per heavy atom. The minimum Gasteiger partial charge on any atom is -0.497 e. The fourth-order valence-corrected chi connectivity index (χ4v) is 1.09. The van der Waals surface area contributed by atoms with Crippen LogP contribution in [0.2, 0.25) is 0 Å². The quantitative estimate of drug-likeness (QED) is 0.651. The molecule has 0 atom stereocenters. The lowest BCUT2D eigenvalue weighted by molar-refractivity contribution is 0.223. The Morgan fingerprint density at radius 3 is 3.27 bits per heavy atom. The van der Waals surface area contributed by atoms with E-state index in [0.717, 1.165) is 18.0 Å². The van der Waals surface area contributed by atoms with Crippen molar-refractivity contribution in [2.45, 2.75) is 6.54 Å². The zero-order chi connectivity index (χ0) is 7.68. The third-order valence-corrected chi connectivity index (χ3v) is 1.72. The van der Waals surface area contributed by atoms with E-state index < -0.39 is 0 Å². The van der Waals surface area contributed by atoms with Crippen LogP contribution in [0.25, 0.3) is 0 Å². The number of ether oxygens (including phenoxy) is 1. The van der Waals surface area contributed by atoms with Gasteiger partial charge in [-0.05, 0) is 6.07 Å². The third-order valence-electron chi connectivity index (χ3n) is 1.72. The molecule has 1 aromatic carbocycles. The van der Waals surface area contributed by atoms with Crippen molar-refractivity contribution >= 4 is 0 Å². The Labute approximate surface area is 64.9 Å². The predicted octanol–water partition coefficient (Wildman–Crippen LogP) is 1.09. The number of benzene rings is 1. The Morgan fingerprint density at radius 1 is 1.55 bits per heavy atom. The Kier molecular flexibility index (Phi) is 1.43. The summed E-state index contributed by atoms with van der Waals surface area (Å²) in [5, 5.41) is 0. The molecule has 1 aliphatic heterocycles. The van der Waals surface area contributed by atoms with E-state index in [-0.39, 0.29) is 0 Å². The minimum atomic E-state index is 0.777. The van der Waals surface area contributed by atoms with Crippen LogP contribution >= 0.6 is 0 Å². The highest BCUT2D eigenvalue weighted by Crippen LogP contribution is 2.27. The number of hydrogen-bond donors (Lipinski definition) is 1. The van der Waals surface area contributed by atoms with Gasteiger partial charge in [-0.3, -0.25) is 0 Å². The van der Waals surface area contributed by atoms with Crippen LogP contribution in [-0.2, 0) is 6.54 Å². The summed E-state index contributed by atoms with van der Waals surface area (Å²) >= 11 is 0. The van der Waals surface area contributed by atoms with E-state index in [2.05, 4.69) is 5.48 Å². The lowest BCUT2D eigenvalue weighted by Crippen LogP contribution is -2.07. The van der Waals surface area contributed by atoms with Crippen LogP contribution in [-0.4, -0.2) is 7.11 Å². The highest BCUT2D eigenvalue weighted by atomic mass is 16.7. The van der Waals surface area contributed by atoms with E-state index in [1.54, 1.807) is 7.11 Å². The molecule has 0 aromatic heterocycles. The van der Waals surface area contributed by atoms with Crippen molar-refractivity contribution in [3.63, 3.8) is 0 Å². The lowest BCUT2D eigenvalue weighted by Gasteiger charge is -2.00. The van der Waals surface area contributed by atoms with Gasteiger partial charge in [0.25, 0.3) is 0 Å². The highest BCUT2D eigenvalue weighted by Gasteiger charge is 2.11. The summed E-state index contributed by atoms with van der Waals surface area (Å²) in [5.41, 5.74) is 3.96. The summed E-state index contributed by atoms with van der Waals surface area (Å²) in [6.45, 7) is 0.777. The van der Waals surface area contributed by atoms with Gasteiger partial charge in [-0.1, -0.05) is 6.07 Å². The van der Waals surface area contributed by atoms with Crippen LogP contribution in [0.5, 0.6) is 11.5 Å². The van der Waals surface area contributed by atoms with Crippen molar-refractivity contribution in [2.24, 2.45) is 0 Å². The molecule has 1 aliphatic rings. The van der Waals surface area contributed by atoms with Crippen LogP contribution in [0.4, 0.5) is 0 Å². The number of fused-ring (bicyclic) bond motifs is 1. The first-order chi connectivity index (χ1) is 5.40. The average Bonchev–Trinajstić information content (AvgIpc) is 2.50. The molecule has 0 spiro atoms. The smallest absolute Gasteiger partial charge is 0.155 e. The van der Waals surface area contributed by atoms with Crippen LogP contribution < -0.4 is 15.1 Å². The van der Waals surface area contributed by atoms with Gasteiger partial charge in [-0.25, -0.2) is 0 Å². The van der Waals surface area contributed by atoms with Gasteiger partial charge in [0.15, 0.2) is 5.75 Å². The maximum Gasteiger partial charge on any atom is 0.155 e. The Hall–Kier alpha value is -1.22. The molecule has 1 aromatic rings. The lowest BCUT2D eigenvalue weighted by atomic mass is 10.2. The van der Waals surface area contributed by atoms with Crippen LogP contribution in [0.3, 0.4) is 0 Å². The molecule has 0 fully saturated rings. The van der Waals surface area contributed by atoms with Crippen molar-refractivity contribution in [1.29, 1.82) is 0 Å². The zero-order valence-electron chi connectivity index (χ0n) is 6.26. The molecule has 0 unspecified atom stereocenters. The van der Waals surface area contributed by atoms with Gasteiger partial charge in [-0.15, -0.1) is 0 Å². The van der Waals surface area contributed by atoms with E-state index in [1.807, 2.05) is 18.2 Å². The number of rotatable bonds is 1. The first-order valence-electron chi connectivity index (χ1n) is 3.47. The fourth-order valence-electron chi connectivity index (χ4n) is 1.09. The van der Waals surface area contributed by atoms with Gasteiger partial charge in [0.05, 0.1) is 13.7 Å². The largest absolute Gasteiger partial charge is 0.497 e. The molecule has 0 saturated carbocycles. The molecule has 0 bridgehead atoms. The second kappa shape index (κ2) is 2.43. The van der Waals surface area contributed by atoms with Crippen LogP contribution in [0.15, 0.2) is 18.2 Å². The minimum absolute atomic E-state index is 0.777. The maximum atomic E-state index is 5.11. The summed E-state index contributed by atoms with van der Waals surface area (Å²) in [6.07, 6.45) is 0. The second-order valence-corrected chi connectivity index (χ2v) is 2.40. The van der Waals surface area contributed by atoms with Gasteiger partial charge >= 0.3 is 0 Å². The van der Waals surface area contributed by atoms with Gasteiger partial charge in [0, 0.05) is 11.6 Å². The second-order valence-electron chi connectivity index (χ2n) is 2.40. The zero-order valence-corrected chi connectivity index (χ0v) is 6.26. The van der Waals surface area contributed by atoms with E-state index >= 15 is 0 Å². The molecule has 1 heterocycles. The Balaban J connectivity index is 2.41. The molecule has 11 heavy (non-hydrogen) atoms. The standard InChI is InChI=1S/C8H9NO2/c1-10-7-3-2-6-5-9-11-8(6)4-7/h2-4,9H,5H2,1H3. The molecule has 0 saturated heterocycles. The van der Waals surface area contributed by atoms with E-state index in [1.165, 1.54) is 5.56 Å². The summed E-state index contributed by atoms with van der Waals surface area (Å²) in [7, 11) is 1.64. The summed E-state index contributed by atoms with van der Waals surface area (Å²) in [5.74, 6) is 1.69. The molecule has 1 N–H and O–H groups in total. The number of hydroxylamine groups is 1. The van der Waals surface area contributed by atoms with Crippen LogP contribution in [0, 0.1) is 0 Å². The normalized spacial score (nSPS) is 13.9. The first-order valence-corrected chi connectivity index (χ1v) is 3.47. The molecule has 58 valence electrons. The van der Waals surface area contributed by atoms with Crippen molar-refractivity contribution < 1.29 is 9.57 Å². The number of nitrogens with one attached hydrogen (secondary N) is 1. The fraction of sp³-hybridized carbons (Fsp3) is 0.250. The molecular formula is C8H9NO2. The molecule has 2 rings (SSSR count). The van der Waals surface area contributed by atoms with Crippen molar-refractivity contribution in [2.75, 3.05) is 7.11 Å². The van der Waals surface area contributed by atoms with Crippen molar-refractivity contribution in [3.8, 4) is 11.5 Å². The molecule has 0 radical (unpaired) electrons. The maximum absolute atomic E-state index is 5.11. The first kappa shape index (κ1) is 6.49. The summed E-state index contributed by atoms with van der Waals surface area (Å²) < 4.78 is 5.03. The van der Waals surface area contributed by atoms with Gasteiger partial charge in [0.1, 0.15) is 5.75 Å². The molecule has 3 nitrogen and oxygen atoms in total. The van der Waals surface area contributed by atoms with Gasteiger partial charge < -0.3 is 9.57 Å². The number of hydrogen-bond acceptors (Lipinski definition) is 3. The van der Waals surface area contributed by atoms with E-state index in [9.17, 15) is 0 Å². The molecule has 0 aliphatic carbocycles. The average molecular weight is 151 g/mol. The number of methoxy groups -OCH3 is 1. The van der Waals surface area contributed by atoms with Gasteiger partial charge in [0.2, 0.25) is 0 Å². The van der Waals surface area contributed by atoms with Crippen molar-refractivity contribution in [3.05, 3.63) is 23.8 Å². The topological polar surface area (TPSA) is 30.5 Å². The third kappa shape index (κ3) is 1.03.